The van der Waals surface area contributed by atoms with Gasteiger partial charge in [-0.3, -0.25) is 4.79 Å². The van der Waals surface area contributed by atoms with Crippen LogP contribution in [0.2, 0.25) is 0 Å². The van der Waals surface area contributed by atoms with E-state index in [0.29, 0.717) is 11.3 Å². The molecular formula is C11H9N5O3. The van der Waals surface area contributed by atoms with Crippen LogP contribution in [0.25, 0.3) is 11.8 Å². The van der Waals surface area contributed by atoms with E-state index >= 15 is 0 Å². The number of rotatable bonds is 4. The van der Waals surface area contributed by atoms with E-state index in [1.54, 1.807) is 12.1 Å². The predicted molar refractivity (Wildman–Crippen MR) is 64.3 cm³/mol. The Morgan fingerprint density at radius 2 is 1.95 bits per heavy atom. The fraction of sp³-hybridized carbons (Fsp3) is 0. The van der Waals surface area contributed by atoms with E-state index in [4.69, 9.17) is 10.8 Å². The monoisotopic (exact) mass is 259 g/mol. The van der Waals surface area contributed by atoms with Crippen LogP contribution >= 0.6 is 0 Å². The molecule has 0 radical (unpaired) electrons. The molecule has 1 aromatic heterocycles. The summed E-state index contributed by atoms with van der Waals surface area (Å²) < 4.78 is 1.34. The summed E-state index contributed by atoms with van der Waals surface area (Å²) in [7, 11) is 0. The first kappa shape index (κ1) is 12.4. The third-order valence-electron chi connectivity index (χ3n) is 2.27. The third kappa shape index (κ3) is 2.80. The van der Waals surface area contributed by atoms with Gasteiger partial charge >= 0.3 is 5.97 Å². The van der Waals surface area contributed by atoms with Crippen molar-refractivity contribution in [2.75, 3.05) is 0 Å². The molecule has 96 valence electrons. The lowest BCUT2D eigenvalue weighted by molar-refractivity contribution is -0.131. The number of primary amides is 1. The van der Waals surface area contributed by atoms with Gasteiger partial charge in [0, 0.05) is 11.6 Å². The maximum atomic E-state index is 10.9. The highest BCUT2D eigenvalue weighted by Crippen LogP contribution is 2.10. The minimum atomic E-state index is -1.10. The SMILES string of the molecule is NC(=O)c1ccc(-n2nnnc2/C=C/C(=O)O)cc1. The number of carboxylic acids is 1. The van der Waals surface area contributed by atoms with E-state index in [1.807, 2.05) is 0 Å². The quantitative estimate of drug-likeness (QED) is 0.736. The second-order valence-corrected chi connectivity index (χ2v) is 3.53. The number of benzene rings is 1. The van der Waals surface area contributed by atoms with Crippen LogP contribution in [0.1, 0.15) is 16.2 Å². The number of amides is 1. The van der Waals surface area contributed by atoms with Crippen molar-refractivity contribution in [1.82, 2.24) is 20.2 Å². The van der Waals surface area contributed by atoms with Crippen molar-refractivity contribution >= 4 is 18.0 Å². The summed E-state index contributed by atoms with van der Waals surface area (Å²) >= 11 is 0. The van der Waals surface area contributed by atoms with E-state index in [9.17, 15) is 9.59 Å². The topological polar surface area (TPSA) is 124 Å². The van der Waals surface area contributed by atoms with Gasteiger partial charge in [0.15, 0.2) is 5.82 Å². The van der Waals surface area contributed by atoms with Gasteiger partial charge in [0.25, 0.3) is 0 Å². The van der Waals surface area contributed by atoms with Crippen molar-refractivity contribution in [2.24, 2.45) is 5.73 Å². The van der Waals surface area contributed by atoms with Crippen LogP contribution in [0.5, 0.6) is 0 Å². The first-order valence-corrected chi connectivity index (χ1v) is 5.17. The summed E-state index contributed by atoms with van der Waals surface area (Å²) in [4.78, 5) is 21.4. The molecule has 0 fully saturated rings. The highest BCUT2D eigenvalue weighted by atomic mass is 16.4. The summed E-state index contributed by atoms with van der Waals surface area (Å²) in [6.45, 7) is 0. The van der Waals surface area contributed by atoms with E-state index < -0.39 is 11.9 Å². The smallest absolute Gasteiger partial charge is 0.328 e. The Hall–Kier alpha value is -3.03. The number of aromatic nitrogens is 4. The second-order valence-electron chi connectivity index (χ2n) is 3.53. The molecule has 0 atom stereocenters. The summed E-state index contributed by atoms with van der Waals surface area (Å²) in [6.07, 6.45) is 2.20. The Morgan fingerprint density at radius 3 is 2.53 bits per heavy atom. The number of carboxylic acid groups (broad SMARTS) is 1. The zero-order valence-corrected chi connectivity index (χ0v) is 9.59. The molecule has 8 heteroatoms. The molecule has 2 aromatic rings. The Morgan fingerprint density at radius 1 is 1.26 bits per heavy atom. The van der Waals surface area contributed by atoms with Crippen LogP contribution in [0.15, 0.2) is 30.3 Å². The first-order chi connectivity index (χ1) is 9.08. The minimum absolute atomic E-state index is 0.259. The van der Waals surface area contributed by atoms with Gasteiger partial charge in [-0.2, -0.15) is 4.68 Å². The van der Waals surface area contributed by atoms with Gasteiger partial charge in [0.2, 0.25) is 5.91 Å². The molecular weight excluding hydrogens is 250 g/mol. The molecule has 3 N–H and O–H groups in total. The molecule has 1 amide bonds. The molecule has 0 aliphatic carbocycles. The van der Waals surface area contributed by atoms with E-state index in [2.05, 4.69) is 15.5 Å². The molecule has 0 unspecified atom stereocenters. The number of carbonyl (C=O) groups is 2. The van der Waals surface area contributed by atoms with Crippen molar-refractivity contribution in [2.45, 2.75) is 0 Å². The van der Waals surface area contributed by atoms with Gasteiger partial charge < -0.3 is 10.8 Å². The van der Waals surface area contributed by atoms with E-state index in [-0.39, 0.29) is 5.82 Å². The van der Waals surface area contributed by atoms with Gasteiger partial charge in [-0.1, -0.05) is 0 Å². The number of tetrazole rings is 1. The number of aliphatic carboxylic acids is 1. The second kappa shape index (κ2) is 5.08. The van der Waals surface area contributed by atoms with Crippen LogP contribution in [-0.4, -0.2) is 37.2 Å². The summed E-state index contributed by atoms with van der Waals surface area (Å²) in [5.41, 5.74) is 6.07. The van der Waals surface area contributed by atoms with Crippen molar-refractivity contribution < 1.29 is 14.7 Å². The van der Waals surface area contributed by atoms with Crippen molar-refractivity contribution in [3.63, 3.8) is 0 Å². The molecule has 1 aromatic carbocycles. The normalized spacial score (nSPS) is 10.7. The number of carbonyl (C=O) groups excluding carboxylic acids is 1. The van der Waals surface area contributed by atoms with Crippen molar-refractivity contribution in [3.05, 3.63) is 41.7 Å². The number of hydrogen-bond donors (Lipinski definition) is 2. The Kier molecular flexibility index (Phi) is 3.33. The molecule has 19 heavy (non-hydrogen) atoms. The Labute approximate surface area is 107 Å². The molecule has 0 bridgehead atoms. The predicted octanol–water partition coefficient (Wildman–Crippen LogP) is -0.141. The van der Waals surface area contributed by atoms with Crippen molar-refractivity contribution in [3.8, 4) is 5.69 Å². The zero-order chi connectivity index (χ0) is 13.8. The highest BCUT2D eigenvalue weighted by Gasteiger charge is 2.07. The number of nitrogens with two attached hydrogens (primary N) is 1. The van der Waals surface area contributed by atoms with Crippen LogP contribution in [0.3, 0.4) is 0 Å². The van der Waals surface area contributed by atoms with Crippen LogP contribution in [0, 0.1) is 0 Å². The average Bonchev–Trinajstić information content (AvgIpc) is 2.84. The lowest BCUT2D eigenvalue weighted by Gasteiger charge is -2.02. The maximum Gasteiger partial charge on any atom is 0.328 e. The Balaban J connectivity index is 2.34. The van der Waals surface area contributed by atoms with Gasteiger partial charge in [0.05, 0.1) is 5.69 Å². The van der Waals surface area contributed by atoms with Crippen molar-refractivity contribution in [1.29, 1.82) is 0 Å². The fourth-order valence-corrected chi connectivity index (χ4v) is 1.39. The Bertz CT molecular complexity index is 645. The molecule has 0 spiro atoms. The average molecular weight is 259 g/mol. The first-order valence-electron chi connectivity index (χ1n) is 5.17. The molecule has 0 aliphatic heterocycles. The molecule has 0 aliphatic rings. The highest BCUT2D eigenvalue weighted by molar-refractivity contribution is 5.92. The summed E-state index contributed by atoms with van der Waals surface area (Å²) in [5, 5.41) is 19.4. The van der Waals surface area contributed by atoms with Crippen LogP contribution in [-0.2, 0) is 4.79 Å². The minimum Gasteiger partial charge on any atom is -0.478 e. The van der Waals surface area contributed by atoms with Gasteiger partial charge in [-0.05, 0) is 40.8 Å². The van der Waals surface area contributed by atoms with Crippen LogP contribution in [0.4, 0.5) is 0 Å². The van der Waals surface area contributed by atoms with E-state index in [1.165, 1.54) is 22.9 Å². The number of nitrogens with zero attached hydrogens (tertiary/aromatic N) is 4. The largest absolute Gasteiger partial charge is 0.478 e. The van der Waals surface area contributed by atoms with Gasteiger partial charge in [0.1, 0.15) is 0 Å². The standard InChI is InChI=1S/C11H9N5O3/c12-11(19)7-1-3-8(4-2-7)16-9(13-14-15-16)5-6-10(17)18/h1-6H,(H2,12,19)(H,17,18)/b6-5+. The van der Waals surface area contributed by atoms with Gasteiger partial charge in [-0.15, -0.1) is 5.10 Å². The third-order valence-corrected chi connectivity index (χ3v) is 2.27. The molecule has 0 saturated heterocycles. The maximum absolute atomic E-state index is 10.9. The van der Waals surface area contributed by atoms with E-state index in [0.717, 1.165) is 6.08 Å². The molecule has 1 heterocycles. The van der Waals surface area contributed by atoms with Crippen LogP contribution < -0.4 is 5.73 Å². The summed E-state index contributed by atoms with van der Waals surface area (Å²) in [6, 6.07) is 6.27. The lowest BCUT2D eigenvalue weighted by Crippen LogP contribution is -2.11. The zero-order valence-electron chi connectivity index (χ0n) is 9.59. The molecule has 8 nitrogen and oxygen atoms in total. The molecule has 0 saturated carbocycles. The number of hydrogen-bond acceptors (Lipinski definition) is 5. The fourth-order valence-electron chi connectivity index (χ4n) is 1.39. The lowest BCUT2D eigenvalue weighted by atomic mass is 10.2. The van der Waals surface area contributed by atoms with Gasteiger partial charge in [-0.25, -0.2) is 4.79 Å². The molecule has 2 rings (SSSR count). The summed E-state index contributed by atoms with van der Waals surface area (Å²) in [5.74, 6) is -1.37.